The van der Waals surface area contributed by atoms with Crippen molar-refractivity contribution in [1.82, 2.24) is 0 Å². The number of hydrogen-bond donors (Lipinski definition) is 0. The minimum absolute atomic E-state index is 0.110. The van der Waals surface area contributed by atoms with E-state index in [1.54, 1.807) is 50.2 Å². The number of ether oxygens (including phenoxy) is 2. The second kappa shape index (κ2) is 6.65. The highest BCUT2D eigenvalue weighted by molar-refractivity contribution is 6.01. The smallest absolute Gasteiger partial charge is 0.380 e. The van der Waals surface area contributed by atoms with Gasteiger partial charge in [0.1, 0.15) is 11.5 Å². The Labute approximate surface area is 198 Å². The molecule has 1 fully saturated rings. The molecule has 2 atom stereocenters. The number of hydrogen-bond acceptors (Lipinski definition) is 2. The van der Waals surface area contributed by atoms with Crippen molar-refractivity contribution >= 4 is 11.1 Å². The van der Waals surface area contributed by atoms with Crippen LogP contribution in [0.25, 0.3) is 11.1 Å². The molecule has 0 bridgehead atoms. The maximum Gasteiger partial charge on any atom is 0.380 e. The molecule has 6 rings (SSSR count). The fourth-order valence-electron chi connectivity index (χ4n) is 6.53. The van der Waals surface area contributed by atoms with Gasteiger partial charge in [0.15, 0.2) is 11.2 Å². The lowest BCUT2D eigenvalue weighted by Gasteiger charge is -2.49. The summed E-state index contributed by atoms with van der Waals surface area (Å²) in [6, 6.07) is 12.4. The second-order valence-corrected chi connectivity index (χ2v) is 9.57. The molecule has 8 heteroatoms. The highest BCUT2D eigenvalue weighted by Crippen LogP contribution is 2.74. The number of allylic oxidation sites excluding steroid dienone is 2. The van der Waals surface area contributed by atoms with Crippen LogP contribution in [0.5, 0.6) is 11.5 Å². The van der Waals surface area contributed by atoms with Gasteiger partial charge in [0.25, 0.3) is 0 Å². The third-order valence-electron chi connectivity index (χ3n) is 7.71. The van der Waals surface area contributed by atoms with Crippen molar-refractivity contribution in [3.8, 4) is 11.5 Å². The molecule has 0 aromatic heterocycles. The molecule has 2 nitrogen and oxygen atoms in total. The summed E-state index contributed by atoms with van der Waals surface area (Å²) in [6.07, 6.45) is 1.05. The first kappa shape index (κ1) is 22.6. The van der Waals surface area contributed by atoms with Crippen LogP contribution in [-0.4, -0.2) is 29.0 Å². The van der Waals surface area contributed by atoms with E-state index in [0.29, 0.717) is 12.8 Å². The van der Waals surface area contributed by atoms with Gasteiger partial charge in [0.2, 0.25) is 0 Å². The topological polar surface area (TPSA) is 18.5 Å². The molecule has 2 aliphatic heterocycles. The zero-order valence-electron chi connectivity index (χ0n) is 19.0. The van der Waals surface area contributed by atoms with Crippen molar-refractivity contribution in [3.63, 3.8) is 0 Å². The van der Waals surface area contributed by atoms with Gasteiger partial charge in [-0.1, -0.05) is 63.1 Å². The van der Waals surface area contributed by atoms with E-state index in [0.717, 1.165) is 0 Å². The Morgan fingerprint density at radius 1 is 0.571 bits per heavy atom. The van der Waals surface area contributed by atoms with E-state index in [9.17, 15) is 0 Å². The SMILES string of the molecule is CCCC12Oc3ccccc3C1=C1C(=C3c4ccccc4OC32CCC)C(F)(F)C(F)(F)C1(F)F. The number of rotatable bonds is 4. The van der Waals surface area contributed by atoms with Crippen molar-refractivity contribution in [2.45, 2.75) is 68.5 Å². The normalized spacial score (nSPS) is 30.2. The van der Waals surface area contributed by atoms with Gasteiger partial charge in [-0.3, -0.25) is 0 Å². The minimum Gasteiger partial charge on any atom is -0.477 e. The van der Waals surface area contributed by atoms with E-state index in [1.807, 2.05) is 0 Å². The first-order valence-corrected chi connectivity index (χ1v) is 11.7. The van der Waals surface area contributed by atoms with Crippen LogP contribution in [0.15, 0.2) is 59.7 Å². The molecule has 2 aliphatic carbocycles. The van der Waals surface area contributed by atoms with Crippen LogP contribution >= 0.6 is 0 Å². The fraction of sp³-hybridized carbons (Fsp3) is 0.407. The maximum atomic E-state index is 15.6. The van der Waals surface area contributed by atoms with Gasteiger partial charge >= 0.3 is 17.8 Å². The Hall–Kier alpha value is -2.90. The molecule has 0 spiro atoms. The predicted octanol–water partition coefficient (Wildman–Crippen LogP) is 7.69. The largest absolute Gasteiger partial charge is 0.477 e. The number of para-hydroxylation sites is 2. The zero-order valence-corrected chi connectivity index (χ0v) is 19.0. The van der Waals surface area contributed by atoms with Crippen molar-refractivity contribution in [2.75, 3.05) is 0 Å². The fourth-order valence-corrected chi connectivity index (χ4v) is 6.53. The third kappa shape index (κ3) is 2.25. The highest BCUT2D eigenvalue weighted by atomic mass is 19.3. The number of benzene rings is 2. The average Bonchev–Trinajstić information content (AvgIpc) is 3.35. The van der Waals surface area contributed by atoms with E-state index in [2.05, 4.69) is 0 Å². The zero-order chi connectivity index (χ0) is 25.0. The van der Waals surface area contributed by atoms with E-state index in [-0.39, 0.29) is 46.6 Å². The summed E-state index contributed by atoms with van der Waals surface area (Å²) in [5, 5.41) is 0. The molecular formula is C27H22F6O2. The lowest BCUT2D eigenvalue weighted by atomic mass is 9.61. The van der Waals surface area contributed by atoms with Gasteiger partial charge in [-0.25, -0.2) is 0 Å². The van der Waals surface area contributed by atoms with Crippen LogP contribution in [-0.2, 0) is 0 Å². The lowest BCUT2D eigenvalue weighted by Crippen LogP contribution is -2.61. The summed E-state index contributed by atoms with van der Waals surface area (Å²) in [4.78, 5) is 0. The second-order valence-electron chi connectivity index (χ2n) is 9.57. The van der Waals surface area contributed by atoms with Crippen molar-refractivity contribution < 1.29 is 35.8 Å². The van der Waals surface area contributed by atoms with Crippen LogP contribution < -0.4 is 9.47 Å². The molecule has 184 valence electrons. The van der Waals surface area contributed by atoms with Crippen molar-refractivity contribution in [2.24, 2.45) is 0 Å². The molecule has 2 aromatic carbocycles. The summed E-state index contributed by atoms with van der Waals surface area (Å²) in [5.74, 6) is -15.5. The molecule has 4 aliphatic rings. The van der Waals surface area contributed by atoms with E-state index < -0.39 is 40.1 Å². The van der Waals surface area contributed by atoms with Gasteiger partial charge in [-0.2, -0.15) is 26.3 Å². The Kier molecular flexibility index (Phi) is 4.28. The molecule has 2 heterocycles. The quantitative estimate of drug-likeness (QED) is 0.408. The Morgan fingerprint density at radius 3 is 1.31 bits per heavy atom. The molecule has 2 unspecified atom stereocenters. The van der Waals surface area contributed by atoms with Gasteiger partial charge in [-0.15, -0.1) is 0 Å². The van der Waals surface area contributed by atoms with Crippen LogP contribution in [0.4, 0.5) is 26.3 Å². The molecule has 1 saturated carbocycles. The molecule has 35 heavy (non-hydrogen) atoms. The molecule has 0 N–H and O–H groups in total. The summed E-state index contributed by atoms with van der Waals surface area (Å²) in [7, 11) is 0. The highest BCUT2D eigenvalue weighted by Gasteiger charge is 2.86. The van der Waals surface area contributed by atoms with Crippen LogP contribution in [0, 0.1) is 0 Å². The van der Waals surface area contributed by atoms with E-state index in [1.165, 1.54) is 12.1 Å². The summed E-state index contributed by atoms with van der Waals surface area (Å²) < 4.78 is 105. The molecule has 2 aromatic rings. The van der Waals surface area contributed by atoms with Gasteiger partial charge < -0.3 is 9.47 Å². The number of halogens is 6. The van der Waals surface area contributed by atoms with Crippen molar-refractivity contribution in [3.05, 3.63) is 70.8 Å². The van der Waals surface area contributed by atoms with Gasteiger partial charge in [0, 0.05) is 33.4 Å². The Morgan fingerprint density at radius 2 is 0.943 bits per heavy atom. The first-order chi connectivity index (χ1) is 16.5. The van der Waals surface area contributed by atoms with Gasteiger partial charge in [0.05, 0.1) is 0 Å². The standard InChI is InChI=1S/C27H22F6O2/c1-3-13-23-19(15-9-5-7-11-17(15)34-23)21-22(26(30,31)27(32,33)25(21,28)29)20-16-10-6-8-12-18(16)35-24(20,23)14-4-2/h5-12H,3-4,13-14H2,1-2H3. The molecule has 0 amide bonds. The van der Waals surface area contributed by atoms with Crippen LogP contribution in [0.3, 0.4) is 0 Å². The number of alkyl halides is 6. The van der Waals surface area contributed by atoms with Crippen LogP contribution in [0.1, 0.15) is 50.7 Å². The van der Waals surface area contributed by atoms with E-state index >= 15 is 26.3 Å². The van der Waals surface area contributed by atoms with Crippen LogP contribution in [0.2, 0.25) is 0 Å². The summed E-state index contributed by atoms with van der Waals surface area (Å²) in [5.41, 5.74) is -6.40. The number of fused-ring (bicyclic) bond motifs is 8. The van der Waals surface area contributed by atoms with Crippen molar-refractivity contribution in [1.29, 1.82) is 0 Å². The molecular weight excluding hydrogens is 470 g/mol. The summed E-state index contributed by atoms with van der Waals surface area (Å²) >= 11 is 0. The lowest BCUT2D eigenvalue weighted by molar-refractivity contribution is -0.257. The maximum absolute atomic E-state index is 15.6. The Balaban J connectivity index is 1.87. The Bertz CT molecular complexity index is 1230. The average molecular weight is 492 g/mol. The predicted molar refractivity (Wildman–Crippen MR) is 118 cm³/mol. The van der Waals surface area contributed by atoms with E-state index in [4.69, 9.17) is 9.47 Å². The first-order valence-electron chi connectivity index (χ1n) is 11.7. The monoisotopic (exact) mass is 492 g/mol. The molecule has 0 saturated heterocycles. The minimum atomic E-state index is -5.63. The van der Waals surface area contributed by atoms with Gasteiger partial charge in [-0.05, 0) is 25.0 Å². The molecule has 0 radical (unpaired) electrons. The third-order valence-corrected chi connectivity index (χ3v) is 7.71. The summed E-state index contributed by atoms with van der Waals surface area (Å²) in [6.45, 7) is 3.61.